The first kappa shape index (κ1) is 19.2. The maximum absolute atomic E-state index is 13.4. The van der Waals surface area contributed by atoms with E-state index in [-0.39, 0.29) is 5.56 Å². The van der Waals surface area contributed by atoms with Crippen LogP contribution in [-0.2, 0) is 6.54 Å². The van der Waals surface area contributed by atoms with Gasteiger partial charge in [-0.25, -0.2) is 4.98 Å². The van der Waals surface area contributed by atoms with E-state index in [9.17, 15) is 4.79 Å². The number of benzene rings is 2. The quantitative estimate of drug-likeness (QED) is 0.690. The van der Waals surface area contributed by atoms with Crippen molar-refractivity contribution in [2.24, 2.45) is 17.6 Å². The Morgan fingerprint density at radius 3 is 2.79 bits per heavy atom. The molecule has 2 aromatic carbocycles. The lowest BCUT2D eigenvalue weighted by Crippen LogP contribution is -2.30. The third-order valence-corrected chi connectivity index (χ3v) is 6.09. The number of hydrogen-bond acceptors (Lipinski definition) is 3. The summed E-state index contributed by atoms with van der Waals surface area (Å²) in [4.78, 5) is 18.3. The fourth-order valence-electron chi connectivity index (χ4n) is 4.39. The minimum absolute atomic E-state index is 0.0264. The molecule has 28 heavy (non-hydrogen) atoms. The van der Waals surface area contributed by atoms with Gasteiger partial charge >= 0.3 is 0 Å². The molecule has 1 aliphatic carbocycles. The van der Waals surface area contributed by atoms with E-state index in [1.807, 2.05) is 54.0 Å². The second-order valence-corrected chi connectivity index (χ2v) is 8.45. The summed E-state index contributed by atoms with van der Waals surface area (Å²) in [6.45, 7) is 3.40. The van der Waals surface area contributed by atoms with Crippen molar-refractivity contribution < 1.29 is 0 Å². The van der Waals surface area contributed by atoms with Crippen molar-refractivity contribution in [3.63, 3.8) is 0 Å². The molecule has 2 atom stereocenters. The van der Waals surface area contributed by atoms with Crippen LogP contribution in [-0.4, -0.2) is 16.1 Å². The summed E-state index contributed by atoms with van der Waals surface area (Å²) in [5, 5.41) is 1.32. The molecule has 1 fully saturated rings. The summed E-state index contributed by atoms with van der Waals surface area (Å²) in [6.07, 6.45) is 4.57. The molecule has 2 unspecified atom stereocenters. The molecular weight excluding hydrogens is 370 g/mol. The molecule has 0 amide bonds. The molecule has 0 spiro atoms. The Bertz CT molecular complexity index is 1060. The molecule has 3 aromatic rings. The van der Waals surface area contributed by atoms with E-state index in [0.717, 1.165) is 36.0 Å². The number of fused-ring (bicyclic) bond motifs is 1. The Morgan fingerprint density at radius 2 is 2.00 bits per heavy atom. The topological polar surface area (TPSA) is 60.9 Å². The van der Waals surface area contributed by atoms with Gasteiger partial charge in [-0.15, -0.1) is 0 Å². The second kappa shape index (κ2) is 8.06. The van der Waals surface area contributed by atoms with Gasteiger partial charge in [0.05, 0.1) is 10.9 Å². The van der Waals surface area contributed by atoms with Gasteiger partial charge in [-0.1, -0.05) is 41.8 Å². The molecule has 1 saturated carbocycles. The molecule has 0 bridgehead atoms. The van der Waals surface area contributed by atoms with E-state index in [1.165, 1.54) is 12.8 Å². The van der Waals surface area contributed by atoms with Gasteiger partial charge in [0, 0.05) is 17.1 Å². The molecule has 0 saturated heterocycles. The van der Waals surface area contributed by atoms with Gasteiger partial charge in [-0.2, -0.15) is 0 Å². The van der Waals surface area contributed by atoms with Crippen molar-refractivity contribution in [2.45, 2.75) is 39.2 Å². The zero-order valence-electron chi connectivity index (χ0n) is 16.2. The van der Waals surface area contributed by atoms with Crippen molar-refractivity contribution in [3.8, 4) is 11.4 Å². The van der Waals surface area contributed by atoms with Crippen molar-refractivity contribution in [1.29, 1.82) is 0 Å². The summed E-state index contributed by atoms with van der Waals surface area (Å²) in [6, 6.07) is 13.4. The van der Waals surface area contributed by atoms with Crippen molar-refractivity contribution in [1.82, 2.24) is 9.55 Å². The minimum Gasteiger partial charge on any atom is -0.330 e. The van der Waals surface area contributed by atoms with Gasteiger partial charge in [0.25, 0.3) is 5.56 Å². The van der Waals surface area contributed by atoms with E-state index in [0.29, 0.717) is 34.6 Å². The van der Waals surface area contributed by atoms with Gasteiger partial charge in [0.1, 0.15) is 5.82 Å². The van der Waals surface area contributed by atoms with Crippen LogP contribution in [0.2, 0.25) is 5.02 Å². The average Bonchev–Trinajstić information content (AvgIpc) is 2.70. The standard InChI is InChI=1S/C23H26ClN3O/c1-15-8-9-21-20(10-15)23(28)27(14-17-5-2-4-16(11-17)13-25)22(26-21)18-6-3-7-19(24)12-18/h3,6-10,12,16-17H,2,4-5,11,13-14,25H2,1H3. The highest BCUT2D eigenvalue weighted by Gasteiger charge is 2.23. The number of hydrogen-bond donors (Lipinski definition) is 1. The Balaban J connectivity index is 1.85. The van der Waals surface area contributed by atoms with E-state index < -0.39 is 0 Å². The van der Waals surface area contributed by atoms with E-state index in [4.69, 9.17) is 22.3 Å². The van der Waals surface area contributed by atoms with Crippen LogP contribution in [0.3, 0.4) is 0 Å². The Hall–Kier alpha value is -2.17. The molecular formula is C23H26ClN3O. The molecule has 0 aliphatic heterocycles. The van der Waals surface area contributed by atoms with Crippen LogP contribution in [0.4, 0.5) is 0 Å². The molecule has 5 heteroatoms. The van der Waals surface area contributed by atoms with Gasteiger partial charge in [-0.05, 0) is 68.8 Å². The molecule has 1 aliphatic rings. The monoisotopic (exact) mass is 395 g/mol. The van der Waals surface area contributed by atoms with E-state index >= 15 is 0 Å². The number of halogens is 1. The Kier molecular flexibility index (Phi) is 5.51. The maximum atomic E-state index is 13.4. The van der Waals surface area contributed by atoms with Crippen LogP contribution in [0.1, 0.15) is 31.2 Å². The first-order valence-corrected chi connectivity index (χ1v) is 10.4. The number of nitrogens with two attached hydrogens (primary N) is 1. The summed E-state index contributed by atoms with van der Waals surface area (Å²) in [5.41, 5.74) is 8.61. The number of aromatic nitrogens is 2. The van der Waals surface area contributed by atoms with Crippen molar-refractivity contribution in [3.05, 3.63) is 63.4 Å². The van der Waals surface area contributed by atoms with Crippen molar-refractivity contribution in [2.75, 3.05) is 6.54 Å². The van der Waals surface area contributed by atoms with Crippen LogP contribution >= 0.6 is 11.6 Å². The molecule has 4 nitrogen and oxygen atoms in total. The molecule has 0 radical (unpaired) electrons. The first-order valence-electron chi connectivity index (χ1n) is 10.0. The zero-order valence-corrected chi connectivity index (χ0v) is 17.0. The van der Waals surface area contributed by atoms with Gasteiger partial charge < -0.3 is 5.73 Å². The summed E-state index contributed by atoms with van der Waals surface area (Å²) >= 11 is 6.23. The van der Waals surface area contributed by atoms with Crippen LogP contribution in [0.5, 0.6) is 0 Å². The molecule has 146 valence electrons. The first-order chi connectivity index (χ1) is 13.5. The smallest absolute Gasteiger partial charge is 0.261 e. The number of rotatable bonds is 4. The molecule has 1 heterocycles. The Labute approximate surface area is 170 Å². The third kappa shape index (κ3) is 3.85. The van der Waals surface area contributed by atoms with Crippen molar-refractivity contribution >= 4 is 22.5 Å². The van der Waals surface area contributed by atoms with Gasteiger partial charge in [0.2, 0.25) is 0 Å². The van der Waals surface area contributed by atoms with Crippen LogP contribution in [0.15, 0.2) is 47.3 Å². The minimum atomic E-state index is 0.0264. The number of nitrogens with zero attached hydrogens (tertiary/aromatic N) is 2. The largest absolute Gasteiger partial charge is 0.330 e. The lowest BCUT2D eigenvalue weighted by Gasteiger charge is -2.29. The molecule has 1 aromatic heterocycles. The maximum Gasteiger partial charge on any atom is 0.261 e. The predicted octanol–water partition coefficient (Wildman–Crippen LogP) is 4.79. The fraction of sp³-hybridized carbons (Fsp3) is 0.391. The highest BCUT2D eigenvalue weighted by molar-refractivity contribution is 6.30. The molecule has 2 N–H and O–H groups in total. The van der Waals surface area contributed by atoms with E-state index in [2.05, 4.69) is 0 Å². The molecule has 4 rings (SSSR count). The van der Waals surface area contributed by atoms with Crippen LogP contribution in [0, 0.1) is 18.8 Å². The van der Waals surface area contributed by atoms with Gasteiger partial charge in [0.15, 0.2) is 0 Å². The lowest BCUT2D eigenvalue weighted by atomic mass is 9.81. The predicted molar refractivity (Wildman–Crippen MR) is 116 cm³/mol. The summed E-state index contributed by atoms with van der Waals surface area (Å²) in [7, 11) is 0. The fourth-order valence-corrected chi connectivity index (χ4v) is 4.58. The third-order valence-electron chi connectivity index (χ3n) is 5.86. The van der Waals surface area contributed by atoms with Crippen LogP contribution < -0.4 is 11.3 Å². The lowest BCUT2D eigenvalue weighted by molar-refractivity contribution is 0.246. The zero-order chi connectivity index (χ0) is 19.7. The highest BCUT2D eigenvalue weighted by Crippen LogP contribution is 2.31. The highest BCUT2D eigenvalue weighted by atomic mass is 35.5. The summed E-state index contributed by atoms with van der Waals surface area (Å²) in [5.74, 6) is 1.69. The average molecular weight is 396 g/mol. The normalized spacial score (nSPS) is 19.8. The van der Waals surface area contributed by atoms with E-state index in [1.54, 1.807) is 0 Å². The Morgan fingerprint density at radius 1 is 1.18 bits per heavy atom. The SMILES string of the molecule is Cc1ccc2nc(-c3cccc(Cl)c3)n(CC3CCCC(CN)C3)c(=O)c2c1. The van der Waals surface area contributed by atoms with Crippen LogP contribution in [0.25, 0.3) is 22.3 Å². The second-order valence-electron chi connectivity index (χ2n) is 8.02. The number of aryl methyl sites for hydroxylation is 1. The summed E-state index contributed by atoms with van der Waals surface area (Å²) < 4.78 is 1.86. The van der Waals surface area contributed by atoms with Gasteiger partial charge in [-0.3, -0.25) is 9.36 Å².